The van der Waals surface area contributed by atoms with Crippen molar-refractivity contribution in [3.8, 4) is 5.69 Å². The van der Waals surface area contributed by atoms with Crippen LogP contribution in [-0.4, -0.2) is 44.0 Å². The van der Waals surface area contributed by atoms with Crippen LogP contribution in [0.5, 0.6) is 0 Å². The number of ether oxygens (including phenoxy) is 1. The number of benzene rings is 2. The minimum Gasteiger partial charge on any atom is -0.465 e. The third kappa shape index (κ3) is 3.26. The summed E-state index contributed by atoms with van der Waals surface area (Å²) in [5.74, 6) is 0.966. The predicted molar refractivity (Wildman–Crippen MR) is 118 cm³/mol. The summed E-state index contributed by atoms with van der Waals surface area (Å²) in [4.78, 5) is 15.2. The van der Waals surface area contributed by atoms with Gasteiger partial charge in [0, 0.05) is 18.1 Å². The van der Waals surface area contributed by atoms with Crippen LogP contribution in [0.2, 0.25) is 5.02 Å². The monoisotopic (exact) mass is 469 g/mol. The molecule has 8 nitrogen and oxygen atoms in total. The molecule has 2 aromatic carbocycles. The van der Waals surface area contributed by atoms with E-state index in [0.29, 0.717) is 49.3 Å². The molecule has 1 spiro atoms. The quantitative estimate of drug-likeness (QED) is 0.578. The van der Waals surface area contributed by atoms with E-state index in [1.165, 1.54) is 11.0 Å². The number of hydrogen-bond acceptors (Lipinski definition) is 5. The zero-order chi connectivity index (χ0) is 22.7. The number of carbonyl (C=O) groups is 1. The Morgan fingerprint density at radius 1 is 1.09 bits per heavy atom. The third-order valence-corrected chi connectivity index (χ3v) is 7.12. The Kier molecular flexibility index (Phi) is 4.60. The van der Waals surface area contributed by atoms with Crippen LogP contribution in [0.1, 0.15) is 35.4 Å². The second-order valence-corrected chi connectivity index (χ2v) is 9.17. The van der Waals surface area contributed by atoms with Crippen molar-refractivity contribution in [2.75, 3.05) is 18.0 Å². The Balaban J connectivity index is 1.34. The highest BCUT2D eigenvalue weighted by Crippen LogP contribution is 2.45. The van der Waals surface area contributed by atoms with Gasteiger partial charge in [-0.15, -0.1) is 10.2 Å². The maximum atomic E-state index is 13.9. The van der Waals surface area contributed by atoms with Crippen LogP contribution in [0.25, 0.3) is 5.69 Å². The first-order chi connectivity index (χ1) is 15.9. The fourth-order valence-corrected chi connectivity index (χ4v) is 5.40. The molecule has 3 aliphatic heterocycles. The summed E-state index contributed by atoms with van der Waals surface area (Å²) < 4.78 is 22.1. The SMILES string of the molecule is O=C(O)N1Cc2cc(Cl)ccc2-n2c(nnc2N2CCC3(CC2)OCc2ccc(F)cc23)C1. The van der Waals surface area contributed by atoms with Crippen molar-refractivity contribution in [1.29, 1.82) is 0 Å². The molecule has 0 atom stereocenters. The number of halogens is 2. The molecule has 4 heterocycles. The van der Waals surface area contributed by atoms with Crippen LogP contribution < -0.4 is 4.90 Å². The van der Waals surface area contributed by atoms with E-state index in [9.17, 15) is 14.3 Å². The molecular formula is C23H21ClFN5O3. The van der Waals surface area contributed by atoms with E-state index in [-0.39, 0.29) is 18.9 Å². The van der Waals surface area contributed by atoms with Gasteiger partial charge in [0.05, 0.1) is 31.0 Å². The second kappa shape index (κ2) is 7.43. The lowest BCUT2D eigenvalue weighted by atomic mass is 9.84. The summed E-state index contributed by atoms with van der Waals surface area (Å²) in [5, 5.41) is 19.0. The predicted octanol–water partition coefficient (Wildman–Crippen LogP) is 4.08. The molecule has 170 valence electrons. The largest absolute Gasteiger partial charge is 0.465 e. The minimum atomic E-state index is -1.02. The minimum absolute atomic E-state index is 0.127. The molecule has 3 aliphatic rings. The average molecular weight is 470 g/mol. The summed E-state index contributed by atoms with van der Waals surface area (Å²) in [6.07, 6.45) is 0.365. The fraction of sp³-hybridized carbons (Fsp3) is 0.348. The third-order valence-electron chi connectivity index (χ3n) is 6.88. The molecule has 0 aliphatic carbocycles. The van der Waals surface area contributed by atoms with Crippen molar-refractivity contribution in [2.45, 2.75) is 38.1 Å². The van der Waals surface area contributed by atoms with Crippen molar-refractivity contribution < 1.29 is 19.0 Å². The maximum Gasteiger partial charge on any atom is 0.408 e. The van der Waals surface area contributed by atoms with Crippen LogP contribution in [0.15, 0.2) is 36.4 Å². The normalized spacial score (nSPS) is 18.6. The van der Waals surface area contributed by atoms with E-state index in [1.54, 1.807) is 24.3 Å². The van der Waals surface area contributed by atoms with E-state index in [0.717, 1.165) is 22.4 Å². The van der Waals surface area contributed by atoms with Crippen LogP contribution in [0.4, 0.5) is 15.1 Å². The van der Waals surface area contributed by atoms with Crippen LogP contribution >= 0.6 is 11.6 Å². The lowest BCUT2D eigenvalue weighted by molar-refractivity contribution is -0.0553. The lowest BCUT2D eigenvalue weighted by Gasteiger charge is -2.39. The van der Waals surface area contributed by atoms with Gasteiger partial charge in [0.2, 0.25) is 5.95 Å². The van der Waals surface area contributed by atoms with Gasteiger partial charge < -0.3 is 14.7 Å². The van der Waals surface area contributed by atoms with Crippen molar-refractivity contribution in [3.05, 3.63) is 69.8 Å². The van der Waals surface area contributed by atoms with E-state index in [2.05, 4.69) is 15.1 Å². The van der Waals surface area contributed by atoms with Gasteiger partial charge in [-0.25, -0.2) is 9.18 Å². The number of rotatable bonds is 1. The molecule has 1 N–H and O–H groups in total. The molecule has 0 radical (unpaired) electrons. The Morgan fingerprint density at radius 3 is 2.70 bits per heavy atom. The number of hydrogen-bond donors (Lipinski definition) is 1. The highest BCUT2D eigenvalue weighted by Gasteiger charge is 2.44. The van der Waals surface area contributed by atoms with Gasteiger partial charge in [0.15, 0.2) is 5.82 Å². The number of anilines is 1. The Labute approximate surface area is 194 Å². The van der Waals surface area contributed by atoms with Crippen molar-refractivity contribution in [2.24, 2.45) is 0 Å². The summed E-state index contributed by atoms with van der Waals surface area (Å²) in [6, 6.07) is 10.3. The zero-order valence-electron chi connectivity index (χ0n) is 17.7. The first-order valence-corrected chi connectivity index (χ1v) is 11.2. The van der Waals surface area contributed by atoms with Gasteiger partial charge in [-0.3, -0.25) is 9.47 Å². The number of nitrogens with zero attached hydrogens (tertiary/aromatic N) is 5. The first kappa shape index (κ1) is 20.4. The molecule has 33 heavy (non-hydrogen) atoms. The van der Waals surface area contributed by atoms with Gasteiger partial charge in [-0.2, -0.15) is 0 Å². The molecule has 0 saturated carbocycles. The number of fused-ring (bicyclic) bond motifs is 5. The zero-order valence-corrected chi connectivity index (χ0v) is 18.4. The van der Waals surface area contributed by atoms with Crippen LogP contribution in [0, 0.1) is 5.82 Å². The highest BCUT2D eigenvalue weighted by atomic mass is 35.5. The first-order valence-electron chi connectivity index (χ1n) is 10.8. The molecule has 3 aromatic rings. The van der Waals surface area contributed by atoms with Gasteiger partial charge in [0.1, 0.15) is 5.82 Å². The Hall–Kier alpha value is -3.17. The smallest absolute Gasteiger partial charge is 0.408 e. The molecule has 6 rings (SSSR count). The summed E-state index contributed by atoms with van der Waals surface area (Å²) >= 11 is 6.21. The topological polar surface area (TPSA) is 83.7 Å². The Bertz CT molecular complexity index is 1270. The lowest BCUT2D eigenvalue weighted by Crippen LogP contribution is -2.43. The van der Waals surface area contributed by atoms with Gasteiger partial charge >= 0.3 is 6.09 Å². The van der Waals surface area contributed by atoms with Gasteiger partial charge in [-0.1, -0.05) is 17.7 Å². The fourth-order valence-electron chi connectivity index (χ4n) is 5.20. The summed E-state index contributed by atoms with van der Waals surface area (Å²) in [5.41, 5.74) is 3.12. The van der Waals surface area contributed by atoms with Crippen LogP contribution in [0.3, 0.4) is 0 Å². The molecule has 1 amide bonds. The molecule has 1 saturated heterocycles. The van der Waals surface area contributed by atoms with E-state index >= 15 is 0 Å². The van der Waals surface area contributed by atoms with Crippen molar-refractivity contribution >= 4 is 23.6 Å². The van der Waals surface area contributed by atoms with E-state index in [4.69, 9.17) is 16.3 Å². The van der Waals surface area contributed by atoms with E-state index in [1.807, 2.05) is 10.6 Å². The Morgan fingerprint density at radius 2 is 1.91 bits per heavy atom. The maximum absolute atomic E-state index is 13.9. The van der Waals surface area contributed by atoms with Crippen molar-refractivity contribution in [3.63, 3.8) is 0 Å². The number of amides is 1. The standard InChI is InChI=1S/C23H21ClFN5O3/c24-16-2-4-19-15(9-16)11-29(22(31)32)12-20-26-27-21(30(19)20)28-7-5-23(6-8-28)18-10-17(25)3-1-14(18)13-33-23/h1-4,9-10H,5-8,11-13H2,(H,31,32). The van der Waals surface area contributed by atoms with Crippen LogP contribution in [-0.2, 0) is 30.0 Å². The van der Waals surface area contributed by atoms with Crippen molar-refractivity contribution in [1.82, 2.24) is 19.7 Å². The molecule has 1 aromatic heterocycles. The van der Waals surface area contributed by atoms with Gasteiger partial charge in [-0.05, 0) is 59.9 Å². The molecular weight excluding hydrogens is 449 g/mol. The number of piperidine rings is 1. The number of carboxylic acid groups (broad SMARTS) is 1. The summed E-state index contributed by atoms with van der Waals surface area (Å²) in [7, 11) is 0. The molecule has 10 heteroatoms. The summed E-state index contributed by atoms with van der Waals surface area (Å²) in [6.45, 7) is 2.14. The number of aromatic nitrogens is 3. The average Bonchev–Trinajstić information content (AvgIpc) is 3.31. The molecule has 0 bridgehead atoms. The molecule has 1 fully saturated rings. The highest BCUT2D eigenvalue weighted by molar-refractivity contribution is 6.30. The van der Waals surface area contributed by atoms with Gasteiger partial charge in [0.25, 0.3) is 0 Å². The second-order valence-electron chi connectivity index (χ2n) is 8.73. The molecule has 0 unspecified atom stereocenters. The van der Waals surface area contributed by atoms with E-state index < -0.39 is 11.7 Å².